The van der Waals surface area contributed by atoms with Crippen molar-refractivity contribution in [1.29, 1.82) is 0 Å². The van der Waals surface area contributed by atoms with Gasteiger partial charge in [0.25, 0.3) is 0 Å². The van der Waals surface area contributed by atoms with E-state index in [4.69, 9.17) is 16.3 Å². The van der Waals surface area contributed by atoms with Crippen molar-refractivity contribution in [1.82, 2.24) is 19.7 Å². The molecule has 0 N–H and O–H groups in total. The molecule has 1 saturated heterocycles. The van der Waals surface area contributed by atoms with E-state index in [9.17, 15) is 9.18 Å². The van der Waals surface area contributed by atoms with Gasteiger partial charge in [-0.25, -0.2) is 14.1 Å². The Balaban J connectivity index is 1.71. The molecule has 0 saturated carbocycles. The number of pyridine rings is 1. The first kappa shape index (κ1) is 23.8. The minimum atomic E-state index is -0.711. The van der Waals surface area contributed by atoms with Crippen molar-refractivity contribution in [2.45, 2.75) is 25.5 Å². The monoisotopic (exact) mass is 557 g/mol. The Morgan fingerprint density at radius 2 is 2.11 bits per heavy atom. The summed E-state index contributed by atoms with van der Waals surface area (Å²) in [5.74, 6) is -1.11. The predicted octanol–water partition coefficient (Wildman–Crippen LogP) is 6.29. The van der Waals surface area contributed by atoms with Gasteiger partial charge in [-0.2, -0.15) is 5.10 Å². The summed E-state index contributed by atoms with van der Waals surface area (Å²) in [6, 6.07) is 6.48. The number of halogens is 3. The van der Waals surface area contributed by atoms with E-state index in [1.807, 2.05) is 20.2 Å². The van der Waals surface area contributed by atoms with Gasteiger partial charge in [-0.1, -0.05) is 11.6 Å². The fraction of sp³-hybridized carbons (Fsp3) is 0.280. The maximum Gasteiger partial charge on any atom is 0.196 e. The second-order valence-corrected chi connectivity index (χ2v) is 9.84. The fourth-order valence-electron chi connectivity index (χ4n) is 4.23. The molecule has 10 heteroatoms. The van der Waals surface area contributed by atoms with E-state index in [0.29, 0.717) is 38.6 Å². The molecular weight excluding hydrogens is 537 g/mol. The van der Waals surface area contributed by atoms with Crippen molar-refractivity contribution in [3.05, 3.63) is 63.1 Å². The zero-order valence-corrected chi connectivity index (χ0v) is 21.5. The van der Waals surface area contributed by atoms with E-state index in [-0.39, 0.29) is 22.3 Å². The first-order valence-corrected chi connectivity index (χ1v) is 12.3. The van der Waals surface area contributed by atoms with Gasteiger partial charge in [0.2, 0.25) is 0 Å². The van der Waals surface area contributed by atoms with Crippen LogP contribution in [0.5, 0.6) is 0 Å². The molecule has 7 nitrogen and oxygen atoms in total. The normalized spacial score (nSPS) is 16.4. The smallest absolute Gasteiger partial charge is 0.196 e. The highest BCUT2D eigenvalue weighted by Crippen LogP contribution is 2.38. The van der Waals surface area contributed by atoms with Gasteiger partial charge in [-0.3, -0.25) is 9.78 Å². The lowest BCUT2D eigenvalue weighted by Crippen LogP contribution is -2.18. The number of fused-ring (bicyclic) bond motifs is 2. The number of rotatable bonds is 5. The lowest BCUT2D eigenvalue weighted by atomic mass is 9.97. The van der Waals surface area contributed by atoms with Gasteiger partial charge in [0.15, 0.2) is 5.78 Å². The minimum absolute atomic E-state index is 0.124. The van der Waals surface area contributed by atoms with Crippen molar-refractivity contribution in [2.75, 3.05) is 20.7 Å². The van der Waals surface area contributed by atoms with Crippen molar-refractivity contribution >= 4 is 67.1 Å². The van der Waals surface area contributed by atoms with Crippen LogP contribution in [0.4, 0.5) is 10.1 Å². The Hall–Kier alpha value is -2.88. The Bertz CT molecular complexity index is 1480. The van der Waals surface area contributed by atoms with Crippen molar-refractivity contribution in [3.8, 4) is 0 Å². The highest BCUT2D eigenvalue weighted by atomic mass is 79.9. The van der Waals surface area contributed by atoms with Crippen LogP contribution in [0.15, 0.2) is 46.1 Å². The number of carbonyl (C=O) groups excluding carboxylic acids is 1. The number of benzene rings is 2. The molecule has 0 aliphatic carbocycles. The maximum absolute atomic E-state index is 14.9. The van der Waals surface area contributed by atoms with Crippen LogP contribution >= 0.6 is 27.5 Å². The number of aliphatic imine (C=N–C) groups is 1. The zero-order valence-electron chi connectivity index (χ0n) is 19.1. The molecule has 3 heterocycles. The highest BCUT2D eigenvalue weighted by Gasteiger charge is 2.26. The zero-order chi connectivity index (χ0) is 24.7. The summed E-state index contributed by atoms with van der Waals surface area (Å²) in [5.41, 5.74) is 1.80. The van der Waals surface area contributed by atoms with Crippen LogP contribution in [0, 0.1) is 5.82 Å². The number of ether oxygens (including phenoxy) is 1. The standard InChI is InChI=1S/C25H22BrClFN5O2/c1-32(2)13-30-22-14-6-5-8-29-23(14)18(26)10-16(22)25(34)15-11-19(28)21(27)24-17(15)12-33(31-24)20-7-3-4-9-35-20/h5-6,8,10-13,20H,3-4,7,9H2,1-2H3/b30-13+. The predicted molar refractivity (Wildman–Crippen MR) is 138 cm³/mol. The molecule has 1 unspecified atom stereocenters. The van der Waals surface area contributed by atoms with Crippen LogP contribution in [0.3, 0.4) is 0 Å². The molecule has 0 amide bonds. The van der Waals surface area contributed by atoms with Crippen molar-refractivity contribution in [2.24, 2.45) is 4.99 Å². The fourth-order valence-corrected chi connectivity index (χ4v) is 4.96. The number of aromatic nitrogens is 3. The second kappa shape index (κ2) is 9.64. The molecule has 2 aromatic carbocycles. The van der Waals surface area contributed by atoms with Crippen LogP contribution in [0.1, 0.15) is 41.4 Å². The van der Waals surface area contributed by atoms with Gasteiger partial charge >= 0.3 is 0 Å². The Kier molecular flexibility index (Phi) is 6.57. The highest BCUT2D eigenvalue weighted by molar-refractivity contribution is 9.10. The first-order valence-electron chi connectivity index (χ1n) is 11.2. The molecule has 0 radical (unpaired) electrons. The SMILES string of the molecule is CN(C)/C=N/c1c(C(=O)c2cc(F)c(Cl)c3nn(C4CCCCO4)cc23)cc(Br)c2ncccc12. The van der Waals surface area contributed by atoms with Crippen molar-refractivity contribution < 1.29 is 13.9 Å². The molecule has 0 spiro atoms. The van der Waals surface area contributed by atoms with Crippen LogP contribution in [-0.4, -0.2) is 52.5 Å². The van der Waals surface area contributed by atoms with E-state index in [0.717, 1.165) is 19.3 Å². The van der Waals surface area contributed by atoms with Crippen LogP contribution < -0.4 is 0 Å². The molecule has 5 rings (SSSR count). The number of carbonyl (C=O) groups is 1. The third-order valence-corrected chi connectivity index (χ3v) is 6.85. The van der Waals surface area contributed by atoms with Crippen LogP contribution in [0.25, 0.3) is 21.8 Å². The second-order valence-electron chi connectivity index (χ2n) is 8.60. The summed E-state index contributed by atoms with van der Waals surface area (Å²) >= 11 is 9.80. The molecule has 1 aliphatic rings. The molecule has 1 atom stereocenters. The molecule has 1 aliphatic heterocycles. The molecular formula is C25H22BrClFN5O2. The van der Waals surface area contributed by atoms with Gasteiger partial charge in [0, 0.05) is 53.9 Å². The molecule has 35 heavy (non-hydrogen) atoms. The lowest BCUT2D eigenvalue weighted by molar-refractivity contribution is -0.0390. The minimum Gasteiger partial charge on any atom is -0.369 e. The summed E-state index contributed by atoms with van der Waals surface area (Å²) in [4.78, 5) is 24.7. The summed E-state index contributed by atoms with van der Waals surface area (Å²) in [7, 11) is 3.67. The van der Waals surface area contributed by atoms with E-state index < -0.39 is 11.6 Å². The average Bonchev–Trinajstić information content (AvgIpc) is 3.31. The number of ketones is 1. The Morgan fingerprint density at radius 1 is 1.29 bits per heavy atom. The molecule has 180 valence electrons. The van der Waals surface area contributed by atoms with E-state index in [2.05, 4.69) is 31.0 Å². The van der Waals surface area contributed by atoms with Gasteiger partial charge in [-0.05, 0) is 59.5 Å². The molecule has 1 fully saturated rings. The van der Waals surface area contributed by atoms with Gasteiger partial charge in [-0.15, -0.1) is 0 Å². The summed E-state index contributed by atoms with van der Waals surface area (Å²) in [6.45, 7) is 0.626. The van der Waals surface area contributed by atoms with E-state index in [1.165, 1.54) is 6.07 Å². The number of hydrogen-bond donors (Lipinski definition) is 0. The summed E-state index contributed by atoms with van der Waals surface area (Å²) in [6.07, 6.45) is 7.49. The third kappa shape index (κ3) is 4.44. The lowest BCUT2D eigenvalue weighted by Gasteiger charge is -2.22. The third-order valence-electron chi connectivity index (χ3n) is 5.88. The quantitative estimate of drug-likeness (QED) is 0.163. The Labute approximate surface area is 214 Å². The van der Waals surface area contributed by atoms with E-state index in [1.54, 1.807) is 40.4 Å². The molecule has 2 aromatic heterocycles. The first-order chi connectivity index (χ1) is 16.8. The Morgan fingerprint density at radius 3 is 2.86 bits per heavy atom. The van der Waals surface area contributed by atoms with Gasteiger partial charge in [0.1, 0.15) is 22.6 Å². The topological polar surface area (TPSA) is 72.6 Å². The largest absolute Gasteiger partial charge is 0.369 e. The molecule has 4 aromatic rings. The van der Waals surface area contributed by atoms with Crippen LogP contribution in [0.2, 0.25) is 5.02 Å². The van der Waals surface area contributed by atoms with Gasteiger partial charge in [0.05, 0.1) is 23.1 Å². The van der Waals surface area contributed by atoms with Gasteiger partial charge < -0.3 is 9.64 Å². The summed E-state index contributed by atoms with van der Waals surface area (Å²) in [5, 5.41) is 5.52. The average molecular weight is 559 g/mol. The number of hydrogen-bond acceptors (Lipinski definition) is 5. The van der Waals surface area contributed by atoms with Crippen molar-refractivity contribution in [3.63, 3.8) is 0 Å². The maximum atomic E-state index is 14.9. The summed E-state index contributed by atoms with van der Waals surface area (Å²) < 4.78 is 23.0. The van der Waals surface area contributed by atoms with Crippen LogP contribution in [-0.2, 0) is 4.74 Å². The van der Waals surface area contributed by atoms with E-state index >= 15 is 0 Å². The molecule has 0 bridgehead atoms. The number of nitrogens with zero attached hydrogens (tertiary/aromatic N) is 5.